The van der Waals surface area contributed by atoms with Gasteiger partial charge in [-0.2, -0.15) is 0 Å². The molecule has 0 saturated carbocycles. The lowest BCUT2D eigenvalue weighted by Gasteiger charge is -2.17. The van der Waals surface area contributed by atoms with Crippen LogP contribution < -0.4 is 9.62 Å². The molecule has 5 nitrogen and oxygen atoms in total. The molecular weight excluding hydrogens is 404 g/mol. The van der Waals surface area contributed by atoms with Gasteiger partial charge < -0.3 is 4.90 Å². The number of benzene rings is 2. The lowest BCUT2D eigenvalue weighted by molar-refractivity contribution is -0.118. The number of rotatable bonds is 5. The summed E-state index contributed by atoms with van der Waals surface area (Å²) in [6.07, 6.45) is 1.85. The van der Waals surface area contributed by atoms with Crippen molar-refractivity contribution in [3.05, 3.63) is 58.1 Å². The fourth-order valence-corrected chi connectivity index (χ4v) is 4.11. The molecule has 7 heteroatoms. The van der Waals surface area contributed by atoms with E-state index in [1.165, 1.54) is 12.6 Å². The monoisotopic (exact) mass is 422 g/mol. The largest absolute Gasteiger partial charge is 0.312 e. The van der Waals surface area contributed by atoms with Crippen molar-refractivity contribution < 1.29 is 13.2 Å². The molecule has 3 rings (SSSR count). The quantitative estimate of drug-likeness (QED) is 0.805. The topological polar surface area (TPSA) is 66.5 Å². The van der Waals surface area contributed by atoms with Crippen molar-refractivity contribution in [2.24, 2.45) is 0 Å². The first-order valence-corrected chi connectivity index (χ1v) is 10.3. The third kappa shape index (κ3) is 3.94. The van der Waals surface area contributed by atoms with Gasteiger partial charge in [0.2, 0.25) is 15.9 Å². The summed E-state index contributed by atoms with van der Waals surface area (Å²) in [5.74, 6) is 0.0907. The van der Waals surface area contributed by atoms with Crippen LogP contribution in [0.4, 0.5) is 5.69 Å². The third-order valence-electron chi connectivity index (χ3n) is 4.37. The molecule has 1 N–H and O–H groups in total. The number of amides is 1. The number of sulfonamides is 1. The number of anilines is 1. The van der Waals surface area contributed by atoms with Crippen LogP contribution in [0.1, 0.15) is 17.5 Å². The molecule has 0 aliphatic carbocycles. The molecule has 0 aromatic heterocycles. The first-order chi connectivity index (χ1) is 11.9. The molecular formula is C18H19BrN2O3S. The molecule has 0 saturated heterocycles. The van der Waals surface area contributed by atoms with Crippen molar-refractivity contribution in [3.8, 4) is 0 Å². The van der Waals surface area contributed by atoms with Crippen LogP contribution in [0.25, 0.3) is 0 Å². The van der Waals surface area contributed by atoms with Crippen molar-refractivity contribution >= 4 is 37.5 Å². The van der Waals surface area contributed by atoms with Gasteiger partial charge in [-0.05, 0) is 61.3 Å². The maximum atomic E-state index is 12.5. The van der Waals surface area contributed by atoms with Crippen molar-refractivity contribution in [2.75, 3.05) is 18.5 Å². The summed E-state index contributed by atoms with van der Waals surface area (Å²) in [5.41, 5.74) is 3.12. The smallest absolute Gasteiger partial charge is 0.240 e. The Morgan fingerprint density at radius 3 is 2.60 bits per heavy atom. The van der Waals surface area contributed by atoms with Crippen LogP contribution in [-0.4, -0.2) is 27.9 Å². The summed E-state index contributed by atoms with van der Waals surface area (Å²) >= 11 is 3.46. The van der Waals surface area contributed by atoms with Crippen LogP contribution in [-0.2, 0) is 27.7 Å². The maximum absolute atomic E-state index is 12.5. The predicted octanol–water partition coefficient (Wildman–Crippen LogP) is 2.88. The number of hydrogen-bond acceptors (Lipinski definition) is 3. The Morgan fingerprint density at radius 1 is 1.20 bits per heavy atom. The van der Waals surface area contributed by atoms with E-state index < -0.39 is 10.0 Å². The van der Waals surface area contributed by atoms with Crippen LogP contribution in [0.5, 0.6) is 0 Å². The fraction of sp³-hybridized carbons (Fsp3) is 0.278. The van der Waals surface area contributed by atoms with Crippen LogP contribution in [0, 0.1) is 0 Å². The summed E-state index contributed by atoms with van der Waals surface area (Å²) < 4.78 is 26.7. The van der Waals surface area contributed by atoms with Gasteiger partial charge in [0.1, 0.15) is 0 Å². The summed E-state index contributed by atoms with van der Waals surface area (Å²) in [5, 5.41) is 0. The van der Waals surface area contributed by atoms with Gasteiger partial charge in [-0.25, -0.2) is 13.1 Å². The molecule has 0 bridgehead atoms. The van der Waals surface area contributed by atoms with Gasteiger partial charge in [0.15, 0.2) is 0 Å². The Kier molecular flexibility index (Phi) is 5.27. The molecule has 0 atom stereocenters. The summed E-state index contributed by atoms with van der Waals surface area (Å²) in [4.78, 5) is 14.6. The van der Waals surface area contributed by atoms with Gasteiger partial charge in [-0.3, -0.25) is 4.79 Å². The standard InChI is InChI=1S/C18H19BrN2O3S/c1-20-25(23,24)16-6-2-13(3-7-16)4-9-18(22)21-11-10-14-12-15(19)5-8-17(14)21/h2-3,5-8,12,20H,4,9-11H2,1H3. The molecule has 2 aromatic rings. The van der Waals surface area contributed by atoms with Crippen molar-refractivity contribution in [1.82, 2.24) is 4.72 Å². The van der Waals surface area contributed by atoms with E-state index >= 15 is 0 Å². The number of nitrogens with one attached hydrogen (secondary N) is 1. The van der Waals surface area contributed by atoms with E-state index in [9.17, 15) is 13.2 Å². The van der Waals surface area contributed by atoms with E-state index in [0.29, 0.717) is 19.4 Å². The highest BCUT2D eigenvalue weighted by atomic mass is 79.9. The van der Waals surface area contributed by atoms with Crippen LogP contribution >= 0.6 is 15.9 Å². The van der Waals surface area contributed by atoms with Crippen molar-refractivity contribution in [3.63, 3.8) is 0 Å². The van der Waals surface area contributed by atoms with Crippen LogP contribution in [0.2, 0.25) is 0 Å². The number of carbonyl (C=O) groups excluding carboxylic acids is 1. The number of halogens is 1. The average Bonchev–Trinajstić information content (AvgIpc) is 3.03. The van der Waals surface area contributed by atoms with Crippen LogP contribution in [0.3, 0.4) is 0 Å². The third-order valence-corrected chi connectivity index (χ3v) is 6.29. The number of carbonyl (C=O) groups is 1. The lowest BCUT2D eigenvalue weighted by atomic mass is 10.1. The molecule has 1 aliphatic heterocycles. The highest BCUT2D eigenvalue weighted by molar-refractivity contribution is 9.10. The Hall–Kier alpha value is -1.70. The first kappa shape index (κ1) is 18.1. The highest BCUT2D eigenvalue weighted by Crippen LogP contribution is 2.31. The molecule has 0 spiro atoms. The van der Waals surface area contributed by atoms with Gasteiger partial charge in [-0.15, -0.1) is 0 Å². The van der Waals surface area contributed by atoms with E-state index in [0.717, 1.165) is 22.1 Å². The fourth-order valence-electron chi connectivity index (χ4n) is 2.97. The van der Waals surface area contributed by atoms with E-state index in [2.05, 4.69) is 26.7 Å². The molecule has 0 fully saturated rings. The Labute approximate surface area is 156 Å². The number of aryl methyl sites for hydroxylation is 1. The highest BCUT2D eigenvalue weighted by Gasteiger charge is 2.24. The molecule has 0 radical (unpaired) electrons. The maximum Gasteiger partial charge on any atom is 0.240 e. The van der Waals surface area contributed by atoms with Crippen molar-refractivity contribution in [1.29, 1.82) is 0 Å². The number of fused-ring (bicyclic) bond motifs is 1. The summed E-state index contributed by atoms with van der Waals surface area (Å²) in [6, 6.07) is 12.6. The van der Waals surface area contributed by atoms with E-state index in [4.69, 9.17) is 0 Å². The second kappa shape index (κ2) is 7.27. The van der Waals surface area contributed by atoms with Gasteiger partial charge in [-0.1, -0.05) is 28.1 Å². The van der Waals surface area contributed by atoms with E-state index in [-0.39, 0.29) is 10.8 Å². The minimum Gasteiger partial charge on any atom is -0.312 e. The molecule has 1 heterocycles. The molecule has 132 valence electrons. The Morgan fingerprint density at radius 2 is 1.92 bits per heavy atom. The van der Waals surface area contributed by atoms with Gasteiger partial charge in [0.25, 0.3) is 0 Å². The Balaban J connectivity index is 1.64. The zero-order chi connectivity index (χ0) is 18.0. The second-order valence-electron chi connectivity index (χ2n) is 5.92. The minimum absolute atomic E-state index is 0.0907. The number of hydrogen-bond donors (Lipinski definition) is 1. The number of nitrogens with zero attached hydrogens (tertiary/aromatic N) is 1. The molecule has 1 aliphatic rings. The molecule has 0 unspecified atom stereocenters. The zero-order valence-electron chi connectivity index (χ0n) is 13.8. The summed E-state index contributed by atoms with van der Waals surface area (Å²) in [6.45, 7) is 0.712. The first-order valence-electron chi connectivity index (χ1n) is 8.02. The van der Waals surface area contributed by atoms with E-state index in [1.807, 2.05) is 17.0 Å². The van der Waals surface area contributed by atoms with Crippen LogP contribution in [0.15, 0.2) is 51.8 Å². The van der Waals surface area contributed by atoms with Gasteiger partial charge in [0, 0.05) is 23.1 Å². The normalized spacial score (nSPS) is 13.8. The zero-order valence-corrected chi connectivity index (χ0v) is 16.2. The predicted molar refractivity (Wildman–Crippen MR) is 101 cm³/mol. The molecule has 2 aromatic carbocycles. The molecule has 25 heavy (non-hydrogen) atoms. The molecule has 1 amide bonds. The average molecular weight is 423 g/mol. The van der Waals surface area contributed by atoms with Crippen molar-refractivity contribution in [2.45, 2.75) is 24.2 Å². The van der Waals surface area contributed by atoms with E-state index in [1.54, 1.807) is 24.3 Å². The second-order valence-corrected chi connectivity index (χ2v) is 8.72. The van der Waals surface area contributed by atoms with Gasteiger partial charge >= 0.3 is 0 Å². The SMILES string of the molecule is CNS(=O)(=O)c1ccc(CCC(=O)N2CCc3cc(Br)ccc32)cc1. The lowest BCUT2D eigenvalue weighted by Crippen LogP contribution is -2.29. The summed E-state index contributed by atoms with van der Waals surface area (Å²) in [7, 11) is -2.04. The van der Waals surface area contributed by atoms with Gasteiger partial charge in [0.05, 0.1) is 4.90 Å². The minimum atomic E-state index is -3.43. The Bertz CT molecular complexity index is 895.